The van der Waals surface area contributed by atoms with Gasteiger partial charge in [0, 0.05) is 22.4 Å². The second-order valence-corrected chi connectivity index (χ2v) is 8.93. The summed E-state index contributed by atoms with van der Waals surface area (Å²) in [5.41, 5.74) is 5.65. The van der Waals surface area contributed by atoms with Gasteiger partial charge >= 0.3 is 0 Å². The number of nitrogens with zero attached hydrogens (tertiary/aromatic N) is 1. The van der Waals surface area contributed by atoms with Gasteiger partial charge in [-0.3, -0.25) is 5.14 Å². The van der Waals surface area contributed by atoms with E-state index in [0.717, 1.165) is 52.2 Å². The third-order valence-corrected chi connectivity index (χ3v) is 6.09. The molecule has 0 spiro atoms. The van der Waals surface area contributed by atoms with E-state index < -0.39 is 0 Å². The maximum Gasteiger partial charge on any atom is 0.187 e. The average molecular weight is 439 g/mol. The van der Waals surface area contributed by atoms with Gasteiger partial charge in [0.1, 0.15) is 5.75 Å². The van der Waals surface area contributed by atoms with E-state index in [2.05, 4.69) is 46.4 Å². The van der Waals surface area contributed by atoms with Gasteiger partial charge in [0.25, 0.3) is 0 Å². The van der Waals surface area contributed by atoms with Crippen LogP contribution in [0.3, 0.4) is 0 Å². The maximum absolute atomic E-state index is 5.93. The monoisotopic (exact) mass is 438 g/mol. The van der Waals surface area contributed by atoms with Crippen LogP contribution in [0.25, 0.3) is 16.8 Å². The van der Waals surface area contributed by atoms with Crippen LogP contribution in [0.1, 0.15) is 25.8 Å². The summed E-state index contributed by atoms with van der Waals surface area (Å²) in [6.45, 7) is 6.02. The molecule has 4 rings (SSSR count). The molecule has 0 amide bonds. The van der Waals surface area contributed by atoms with E-state index in [4.69, 9.17) is 14.9 Å². The highest BCUT2D eigenvalue weighted by molar-refractivity contribution is 7.97. The van der Waals surface area contributed by atoms with Crippen LogP contribution in [0.2, 0.25) is 0 Å². The highest BCUT2D eigenvalue weighted by Crippen LogP contribution is 2.34. The Morgan fingerprint density at radius 3 is 2.67 bits per heavy atom. The second kappa shape index (κ2) is 9.66. The lowest BCUT2D eigenvalue weighted by Gasteiger charge is -2.15. The first-order chi connectivity index (χ1) is 14.6. The van der Waals surface area contributed by atoms with E-state index in [1.165, 1.54) is 23.1 Å². The summed E-state index contributed by atoms with van der Waals surface area (Å²) in [6, 6.07) is 14.6. The van der Waals surface area contributed by atoms with E-state index in [0.29, 0.717) is 0 Å². The summed E-state index contributed by atoms with van der Waals surface area (Å²) in [6.07, 6.45) is 3.43. The van der Waals surface area contributed by atoms with E-state index in [1.54, 1.807) is 11.3 Å². The molecular weight excluding hydrogens is 412 g/mol. The average Bonchev–Trinajstić information content (AvgIpc) is 3.24. The Morgan fingerprint density at radius 1 is 1.17 bits per heavy atom. The molecule has 0 radical (unpaired) electrons. The van der Waals surface area contributed by atoms with Crippen molar-refractivity contribution in [3.05, 3.63) is 59.5 Å². The van der Waals surface area contributed by atoms with E-state index in [1.807, 2.05) is 32.0 Å². The van der Waals surface area contributed by atoms with Gasteiger partial charge in [0.2, 0.25) is 0 Å². The van der Waals surface area contributed by atoms with Crippen LogP contribution in [0.4, 0.5) is 10.8 Å². The molecule has 0 saturated heterocycles. The number of aromatic nitrogens is 1. The minimum absolute atomic E-state index is 0.0855. The molecule has 5 nitrogen and oxygen atoms in total. The lowest BCUT2D eigenvalue weighted by Crippen LogP contribution is -2.19. The van der Waals surface area contributed by atoms with E-state index in [9.17, 15) is 0 Å². The third-order valence-electron chi connectivity index (χ3n) is 4.81. The highest BCUT2D eigenvalue weighted by atomic mass is 32.2. The number of hydrogen-bond donors (Lipinski definition) is 3. The molecule has 30 heavy (non-hydrogen) atoms. The maximum atomic E-state index is 5.93. The SMILES string of the molecule is CC(C)Oc1ccc(SN)cc1Nc1nc(-c2ccc(C3=CCNCC3)cc2)cs1. The molecule has 1 aliphatic heterocycles. The van der Waals surface area contributed by atoms with Gasteiger partial charge in [-0.05, 0) is 68.1 Å². The Hall–Kier alpha value is -2.32. The van der Waals surface area contributed by atoms with Crippen LogP contribution >= 0.6 is 23.3 Å². The number of nitrogens with two attached hydrogens (primary N) is 1. The van der Waals surface area contributed by atoms with E-state index >= 15 is 0 Å². The molecule has 156 valence electrons. The van der Waals surface area contributed by atoms with Crippen molar-refractivity contribution >= 4 is 39.7 Å². The summed E-state index contributed by atoms with van der Waals surface area (Å²) in [5.74, 6) is 0.791. The number of nitrogens with one attached hydrogen (secondary N) is 2. The van der Waals surface area contributed by atoms with E-state index in [-0.39, 0.29) is 6.10 Å². The zero-order valence-corrected chi connectivity index (χ0v) is 18.8. The van der Waals surface area contributed by atoms with Crippen LogP contribution < -0.4 is 20.5 Å². The minimum Gasteiger partial charge on any atom is -0.489 e. The Morgan fingerprint density at radius 2 is 1.97 bits per heavy atom. The highest BCUT2D eigenvalue weighted by Gasteiger charge is 2.12. The first-order valence-electron chi connectivity index (χ1n) is 10.0. The third kappa shape index (κ3) is 5.05. The fourth-order valence-electron chi connectivity index (χ4n) is 3.36. The number of anilines is 2. The van der Waals surface area contributed by atoms with Crippen molar-refractivity contribution in [1.82, 2.24) is 10.3 Å². The largest absolute Gasteiger partial charge is 0.489 e. The predicted molar refractivity (Wildman–Crippen MR) is 129 cm³/mol. The number of thiazole rings is 1. The number of ether oxygens (including phenoxy) is 1. The Kier molecular flexibility index (Phi) is 6.74. The quantitative estimate of drug-likeness (QED) is 0.412. The van der Waals surface area contributed by atoms with Gasteiger partial charge in [-0.1, -0.05) is 30.3 Å². The Labute approximate surface area is 185 Å². The molecule has 1 aromatic heterocycles. The summed E-state index contributed by atoms with van der Waals surface area (Å²) >= 11 is 2.79. The molecule has 0 fully saturated rings. The van der Waals surface area contributed by atoms with Crippen molar-refractivity contribution in [2.24, 2.45) is 5.14 Å². The lowest BCUT2D eigenvalue weighted by atomic mass is 9.99. The fraction of sp³-hybridized carbons (Fsp3) is 0.261. The first-order valence-corrected chi connectivity index (χ1v) is 11.8. The van der Waals surface area contributed by atoms with Gasteiger partial charge in [-0.15, -0.1) is 11.3 Å². The van der Waals surface area contributed by atoms with Crippen LogP contribution in [-0.4, -0.2) is 24.2 Å². The van der Waals surface area contributed by atoms with Crippen LogP contribution in [0, 0.1) is 0 Å². The molecule has 2 heterocycles. The van der Waals surface area contributed by atoms with Crippen molar-refractivity contribution in [3.8, 4) is 17.0 Å². The molecule has 0 aliphatic carbocycles. The normalized spacial score (nSPS) is 13.9. The van der Waals surface area contributed by atoms with Crippen LogP contribution in [0.15, 0.2) is 58.8 Å². The topological polar surface area (TPSA) is 72.2 Å². The number of hydrogen-bond acceptors (Lipinski definition) is 7. The number of benzene rings is 2. The molecular formula is C23H26N4OS2. The number of rotatable bonds is 7. The summed E-state index contributed by atoms with van der Waals surface area (Å²) in [4.78, 5) is 5.75. The molecule has 7 heteroatoms. The van der Waals surface area contributed by atoms with Gasteiger partial charge in [-0.2, -0.15) is 0 Å². The predicted octanol–water partition coefficient (Wildman–Crippen LogP) is 5.68. The minimum atomic E-state index is 0.0855. The molecule has 2 aromatic carbocycles. The molecule has 0 unspecified atom stereocenters. The fourth-order valence-corrected chi connectivity index (χ4v) is 4.42. The van der Waals surface area contributed by atoms with Crippen LogP contribution in [0.5, 0.6) is 5.75 Å². The Balaban J connectivity index is 1.53. The molecule has 0 atom stereocenters. The molecule has 0 saturated carbocycles. The second-order valence-electron chi connectivity index (χ2n) is 7.37. The summed E-state index contributed by atoms with van der Waals surface area (Å²) in [7, 11) is 0. The molecule has 0 bridgehead atoms. The van der Waals surface area contributed by atoms with Crippen molar-refractivity contribution in [1.29, 1.82) is 0 Å². The lowest BCUT2D eigenvalue weighted by molar-refractivity contribution is 0.243. The Bertz CT molecular complexity index is 1030. The van der Waals surface area contributed by atoms with Gasteiger partial charge < -0.3 is 15.4 Å². The van der Waals surface area contributed by atoms with Crippen molar-refractivity contribution in [2.45, 2.75) is 31.3 Å². The zero-order chi connectivity index (χ0) is 20.9. The molecule has 1 aliphatic rings. The standard InChI is InChI=1S/C23H26N4OS2/c1-15(2)28-22-8-7-19(30-24)13-20(22)26-23-27-21(14-29-23)18-5-3-16(4-6-18)17-9-11-25-12-10-17/h3-9,13-15,25H,10-12,24H2,1-2H3,(H,26,27). The van der Waals surface area contributed by atoms with Crippen molar-refractivity contribution in [3.63, 3.8) is 0 Å². The smallest absolute Gasteiger partial charge is 0.187 e. The summed E-state index contributed by atoms with van der Waals surface area (Å²) < 4.78 is 5.93. The zero-order valence-electron chi connectivity index (χ0n) is 17.1. The molecule has 4 N–H and O–H groups in total. The first kappa shape index (κ1) is 20.9. The molecule has 3 aromatic rings. The van der Waals surface area contributed by atoms with Gasteiger partial charge in [0.05, 0.1) is 17.5 Å². The summed E-state index contributed by atoms with van der Waals surface area (Å²) in [5, 5.41) is 15.4. The van der Waals surface area contributed by atoms with Crippen LogP contribution in [-0.2, 0) is 0 Å². The van der Waals surface area contributed by atoms with Crippen molar-refractivity contribution in [2.75, 3.05) is 18.4 Å². The van der Waals surface area contributed by atoms with Gasteiger partial charge in [0.15, 0.2) is 5.13 Å². The van der Waals surface area contributed by atoms with Crippen molar-refractivity contribution < 1.29 is 4.74 Å². The van der Waals surface area contributed by atoms with Gasteiger partial charge in [-0.25, -0.2) is 4.98 Å².